The number of rotatable bonds is 5. The van der Waals surface area contributed by atoms with E-state index in [9.17, 15) is 0 Å². The largest absolute Gasteiger partial charge is 0.452 e. The SMILES string of the molecule is C=C(/C=C\C=C/C)c1ccc2oc3c(ccc4c5cc(-c6ccc7c(c6)c6ccccc6n7-c6ccccc6)ccc5oc43)c2c1. The van der Waals surface area contributed by atoms with E-state index in [2.05, 4.69) is 126 Å². The van der Waals surface area contributed by atoms with Crippen molar-refractivity contribution in [2.24, 2.45) is 0 Å². The second-order valence-electron chi connectivity index (χ2n) is 11.8. The van der Waals surface area contributed by atoms with Gasteiger partial charge in [0.2, 0.25) is 0 Å². The Hall–Kier alpha value is -6.06. The molecule has 0 aliphatic heterocycles. The molecule has 0 amide bonds. The molecule has 0 aliphatic carbocycles. The van der Waals surface area contributed by atoms with Crippen molar-refractivity contribution < 1.29 is 8.83 Å². The predicted molar refractivity (Wildman–Crippen MR) is 194 cm³/mol. The third-order valence-corrected chi connectivity index (χ3v) is 9.07. The van der Waals surface area contributed by atoms with Crippen LogP contribution in [0.4, 0.5) is 0 Å². The number of benzene rings is 6. The first-order valence-electron chi connectivity index (χ1n) is 15.6. The standard InChI is InChI=1S/C43H29NO2/c1-3-4-6-11-27(2)28-17-22-40-36(24-28)33-19-20-34-37-26-30(18-23-41(37)46-43(34)42(33)45-40)29-16-21-39-35(25-29)32-14-9-10-15-38(32)44(39)31-12-7-5-8-13-31/h3-26H,2H2,1H3/b4-3-,11-6-. The van der Waals surface area contributed by atoms with Crippen molar-refractivity contribution in [3.63, 3.8) is 0 Å². The first-order chi connectivity index (χ1) is 22.7. The Morgan fingerprint density at radius 3 is 1.96 bits per heavy atom. The van der Waals surface area contributed by atoms with E-state index in [4.69, 9.17) is 8.83 Å². The fraction of sp³-hybridized carbons (Fsp3) is 0.0233. The number of fused-ring (bicyclic) bond motifs is 10. The normalized spacial score (nSPS) is 12.4. The van der Waals surface area contributed by atoms with E-state index in [1.807, 2.05) is 37.3 Å². The van der Waals surface area contributed by atoms with Crippen LogP contribution in [-0.4, -0.2) is 4.57 Å². The average molecular weight is 592 g/mol. The number of nitrogens with zero attached hydrogens (tertiary/aromatic N) is 1. The lowest BCUT2D eigenvalue weighted by molar-refractivity contribution is 0.633. The number of aromatic nitrogens is 1. The number of para-hydroxylation sites is 2. The minimum absolute atomic E-state index is 0.771. The predicted octanol–water partition coefficient (Wildman–Crippen LogP) is 12.4. The van der Waals surface area contributed by atoms with Crippen LogP contribution in [0.25, 0.3) is 88.1 Å². The molecule has 0 aliphatic rings. The first kappa shape index (κ1) is 26.4. The van der Waals surface area contributed by atoms with Crippen molar-refractivity contribution in [1.29, 1.82) is 0 Å². The van der Waals surface area contributed by atoms with E-state index in [0.717, 1.165) is 66.3 Å². The molecule has 0 N–H and O–H groups in total. The Kier molecular flexibility index (Phi) is 5.87. The molecular weight excluding hydrogens is 562 g/mol. The topological polar surface area (TPSA) is 31.2 Å². The summed E-state index contributed by atoms with van der Waals surface area (Å²) in [7, 11) is 0. The zero-order valence-electron chi connectivity index (χ0n) is 25.3. The van der Waals surface area contributed by atoms with E-state index in [0.29, 0.717) is 0 Å². The van der Waals surface area contributed by atoms with Gasteiger partial charge >= 0.3 is 0 Å². The third-order valence-electron chi connectivity index (χ3n) is 9.07. The Labute approximate surface area is 265 Å². The smallest absolute Gasteiger partial charge is 0.178 e. The van der Waals surface area contributed by atoms with Crippen LogP contribution in [0.5, 0.6) is 0 Å². The van der Waals surface area contributed by atoms with Gasteiger partial charge in [-0.25, -0.2) is 0 Å². The van der Waals surface area contributed by atoms with E-state index in [1.165, 1.54) is 27.4 Å². The molecule has 3 nitrogen and oxygen atoms in total. The maximum atomic E-state index is 6.48. The highest BCUT2D eigenvalue weighted by Crippen LogP contribution is 2.41. The van der Waals surface area contributed by atoms with E-state index in [-0.39, 0.29) is 0 Å². The van der Waals surface area contributed by atoms with Crippen LogP contribution in [-0.2, 0) is 0 Å². The Morgan fingerprint density at radius 1 is 0.565 bits per heavy atom. The highest BCUT2D eigenvalue weighted by atomic mass is 16.4. The zero-order chi connectivity index (χ0) is 30.8. The Bertz CT molecular complexity index is 2710. The molecule has 0 saturated heterocycles. The van der Waals surface area contributed by atoms with Crippen molar-refractivity contribution >= 4 is 71.3 Å². The van der Waals surface area contributed by atoms with E-state index >= 15 is 0 Å². The summed E-state index contributed by atoms with van der Waals surface area (Å²) < 4.78 is 15.2. The maximum absolute atomic E-state index is 6.48. The second kappa shape index (κ2) is 10.3. The molecule has 3 heterocycles. The molecule has 9 rings (SSSR count). The van der Waals surface area contributed by atoms with E-state index in [1.54, 1.807) is 0 Å². The van der Waals surface area contributed by atoms with Crippen molar-refractivity contribution in [2.45, 2.75) is 6.92 Å². The summed E-state index contributed by atoms with van der Waals surface area (Å²) in [6, 6.07) is 43.0. The molecule has 3 aromatic heterocycles. The summed E-state index contributed by atoms with van der Waals surface area (Å²) in [5.41, 5.74) is 11.1. The lowest BCUT2D eigenvalue weighted by atomic mass is 10.00. The summed E-state index contributed by atoms with van der Waals surface area (Å²) in [6.07, 6.45) is 8.04. The molecule has 218 valence electrons. The van der Waals surface area contributed by atoms with Crippen molar-refractivity contribution in [1.82, 2.24) is 4.57 Å². The zero-order valence-corrected chi connectivity index (χ0v) is 25.3. The van der Waals surface area contributed by atoms with Gasteiger partial charge < -0.3 is 13.4 Å². The molecule has 46 heavy (non-hydrogen) atoms. The van der Waals surface area contributed by atoms with Crippen LogP contribution < -0.4 is 0 Å². The summed E-state index contributed by atoms with van der Waals surface area (Å²) in [5, 5.41) is 6.69. The van der Waals surface area contributed by atoms with Gasteiger partial charge in [0.15, 0.2) is 11.2 Å². The highest BCUT2D eigenvalue weighted by Gasteiger charge is 2.18. The molecule has 9 aromatic rings. The van der Waals surface area contributed by atoms with Crippen molar-refractivity contribution in [3.8, 4) is 16.8 Å². The summed E-state index contributed by atoms with van der Waals surface area (Å²) >= 11 is 0. The van der Waals surface area contributed by atoms with Crippen LogP contribution in [0, 0.1) is 0 Å². The van der Waals surface area contributed by atoms with Gasteiger partial charge in [-0.05, 0) is 95.9 Å². The lowest BCUT2D eigenvalue weighted by Crippen LogP contribution is -1.92. The first-order valence-corrected chi connectivity index (χ1v) is 15.6. The molecule has 6 aromatic carbocycles. The van der Waals surface area contributed by atoms with Crippen molar-refractivity contribution in [2.75, 3.05) is 0 Å². The minimum atomic E-state index is 0.771. The molecule has 0 unspecified atom stereocenters. The average Bonchev–Trinajstić information content (AvgIpc) is 3.77. The van der Waals surface area contributed by atoms with Gasteiger partial charge in [-0.1, -0.05) is 85.5 Å². The van der Waals surface area contributed by atoms with Crippen LogP contribution in [0.1, 0.15) is 12.5 Å². The maximum Gasteiger partial charge on any atom is 0.178 e. The van der Waals surface area contributed by atoms with Gasteiger partial charge in [-0.3, -0.25) is 0 Å². The number of hydrogen-bond donors (Lipinski definition) is 0. The van der Waals surface area contributed by atoms with Gasteiger partial charge in [0.25, 0.3) is 0 Å². The fourth-order valence-corrected chi connectivity index (χ4v) is 6.83. The molecule has 0 fully saturated rings. The molecule has 3 heteroatoms. The van der Waals surface area contributed by atoms with Crippen LogP contribution in [0.3, 0.4) is 0 Å². The molecule has 0 saturated carbocycles. The van der Waals surface area contributed by atoms with Crippen LogP contribution >= 0.6 is 0 Å². The Morgan fingerprint density at radius 2 is 1.20 bits per heavy atom. The molecule has 0 radical (unpaired) electrons. The quantitative estimate of drug-likeness (QED) is 0.186. The number of allylic oxidation sites excluding steroid dienone is 5. The Balaban J connectivity index is 1.17. The van der Waals surface area contributed by atoms with Gasteiger partial charge in [-0.15, -0.1) is 0 Å². The fourth-order valence-electron chi connectivity index (χ4n) is 6.83. The molecular formula is C43H29NO2. The molecule has 0 spiro atoms. The van der Waals surface area contributed by atoms with E-state index < -0.39 is 0 Å². The number of hydrogen-bond acceptors (Lipinski definition) is 2. The summed E-state index contributed by atoms with van der Waals surface area (Å²) in [5.74, 6) is 0. The number of furan rings is 2. The van der Waals surface area contributed by atoms with Gasteiger partial charge in [0, 0.05) is 38.0 Å². The molecule has 0 bridgehead atoms. The molecule has 0 atom stereocenters. The van der Waals surface area contributed by atoms with Gasteiger partial charge in [0.05, 0.1) is 11.0 Å². The summed E-state index contributed by atoms with van der Waals surface area (Å²) in [6.45, 7) is 6.26. The van der Waals surface area contributed by atoms with Gasteiger partial charge in [0.1, 0.15) is 11.2 Å². The third kappa shape index (κ3) is 3.99. The van der Waals surface area contributed by atoms with Crippen molar-refractivity contribution in [3.05, 3.63) is 158 Å². The van der Waals surface area contributed by atoms with Crippen LogP contribution in [0.15, 0.2) is 161 Å². The van der Waals surface area contributed by atoms with Gasteiger partial charge in [-0.2, -0.15) is 0 Å². The monoisotopic (exact) mass is 591 g/mol. The minimum Gasteiger partial charge on any atom is -0.452 e. The summed E-state index contributed by atoms with van der Waals surface area (Å²) in [4.78, 5) is 0. The van der Waals surface area contributed by atoms with Crippen LogP contribution in [0.2, 0.25) is 0 Å². The second-order valence-corrected chi connectivity index (χ2v) is 11.8. The highest BCUT2D eigenvalue weighted by molar-refractivity contribution is 6.19. The lowest BCUT2D eigenvalue weighted by Gasteiger charge is -2.08.